The SMILES string of the molecule is C#Cc1c(C)cccc1C(F)(F)F. The first-order valence-electron chi connectivity index (χ1n) is 3.60. The second-order valence-corrected chi connectivity index (χ2v) is 2.64. The maximum absolute atomic E-state index is 12.3. The van der Waals surface area contributed by atoms with Crippen LogP contribution in [-0.2, 0) is 6.18 Å². The quantitative estimate of drug-likeness (QED) is 0.544. The summed E-state index contributed by atoms with van der Waals surface area (Å²) in [5.74, 6) is 2.05. The summed E-state index contributed by atoms with van der Waals surface area (Å²) in [6.45, 7) is 1.56. The summed E-state index contributed by atoms with van der Waals surface area (Å²) in [5.41, 5.74) is -0.345. The third-order valence-electron chi connectivity index (χ3n) is 1.72. The van der Waals surface area contributed by atoms with Crippen LogP contribution in [-0.4, -0.2) is 0 Å². The lowest BCUT2D eigenvalue weighted by Gasteiger charge is -2.10. The Morgan fingerprint density at radius 3 is 2.31 bits per heavy atom. The molecule has 0 bridgehead atoms. The standard InChI is InChI=1S/C10H7F3/c1-3-8-7(2)5-4-6-9(8)10(11,12)13/h1,4-6H,2H3. The van der Waals surface area contributed by atoms with E-state index >= 15 is 0 Å². The van der Waals surface area contributed by atoms with Crippen LogP contribution in [0.3, 0.4) is 0 Å². The zero-order valence-corrected chi connectivity index (χ0v) is 6.94. The zero-order valence-electron chi connectivity index (χ0n) is 6.94. The molecule has 0 aliphatic heterocycles. The van der Waals surface area contributed by atoms with E-state index in [1.807, 2.05) is 0 Å². The molecular formula is C10H7F3. The summed E-state index contributed by atoms with van der Waals surface area (Å²) in [4.78, 5) is 0. The highest BCUT2D eigenvalue weighted by atomic mass is 19.4. The van der Waals surface area contributed by atoms with Crippen LogP contribution in [0, 0.1) is 19.3 Å². The van der Waals surface area contributed by atoms with Crippen molar-refractivity contribution in [1.29, 1.82) is 0 Å². The predicted molar refractivity (Wildman–Crippen MR) is 44.1 cm³/mol. The smallest absolute Gasteiger partial charge is 0.166 e. The first-order chi connectivity index (χ1) is 5.96. The topological polar surface area (TPSA) is 0 Å². The summed E-state index contributed by atoms with van der Waals surface area (Å²) in [5, 5.41) is 0. The predicted octanol–water partition coefficient (Wildman–Crippen LogP) is 3.00. The van der Waals surface area contributed by atoms with E-state index in [1.54, 1.807) is 13.0 Å². The van der Waals surface area contributed by atoms with Gasteiger partial charge in [-0.15, -0.1) is 6.42 Å². The van der Waals surface area contributed by atoms with Gasteiger partial charge in [0.15, 0.2) is 0 Å². The normalized spacial score (nSPS) is 11.0. The molecule has 0 unspecified atom stereocenters. The van der Waals surface area contributed by atoms with E-state index in [0.29, 0.717) is 5.56 Å². The minimum absolute atomic E-state index is 0.0741. The Morgan fingerprint density at radius 1 is 1.31 bits per heavy atom. The molecule has 0 radical (unpaired) electrons. The second-order valence-electron chi connectivity index (χ2n) is 2.64. The third-order valence-corrected chi connectivity index (χ3v) is 1.72. The van der Waals surface area contributed by atoms with Crippen LogP contribution in [0.4, 0.5) is 13.2 Å². The Labute approximate surface area is 74.4 Å². The highest BCUT2D eigenvalue weighted by molar-refractivity contribution is 5.46. The van der Waals surface area contributed by atoms with Gasteiger partial charge in [0.1, 0.15) is 0 Å². The molecule has 0 aliphatic rings. The van der Waals surface area contributed by atoms with Crippen molar-refractivity contribution in [2.45, 2.75) is 13.1 Å². The van der Waals surface area contributed by atoms with Gasteiger partial charge in [0.2, 0.25) is 0 Å². The monoisotopic (exact) mass is 184 g/mol. The third kappa shape index (κ3) is 1.83. The van der Waals surface area contributed by atoms with E-state index in [9.17, 15) is 13.2 Å². The first kappa shape index (κ1) is 9.66. The van der Waals surface area contributed by atoms with Gasteiger partial charge in [0.25, 0.3) is 0 Å². The van der Waals surface area contributed by atoms with Crippen molar-refractivity contribution in [3.05, 3.63) is 34.9 Å². The molecule has 68 valence electrons. The van der Waals surface area contributed by atoms with E-state index in [1.165, 1.54) is 6.07 Å². The van der Waals surface area contributed by atoms with Gasteiger partial charge in [-0.25, -0.2) is 0 Å². The number of aryl methyl sites for hydroxylation is 1. The van der Waals surface area contributed by atoms with Gasteiger partial charge < -0.3 is 0 Å². The number of terminal acetylenes is 1. The van der Waals surface area contributed by atoms with Gasteiger partial charge in [-0.2, -0.15) is 13.2 Å². The van der Waals surface area contributed by atoms with Crippen LogP contribution >= 0.6 is 0 Å². The molecule has 0 N–H and O–H groups in total. The molecule has 3 heteroatoms. The maximum Gasteiger partial charge on any atom is 0.417 e. The molecule has 0 heterocycles. The molecule has 0 saturated heterocycles. The van der Waals surface area contributed by atoms with Gasteiger partial charge in [-0.1, -0.05) is 18.1 Å². The van der Waals surface area contributed by atoms with Gasteiger partial charge in [-0.05, 0) is 18.6 Å². The minimum Gasteiger partial charge on any atom is -0.166 e. The van der Waals surface area contributed by atoms with Crippen molar-refractivity contribution >= 4 is 0 Å². The molecule has 13 heavy (non-hydrogen) atoms. The van der Waals surface area contributed by atoms with E-state index in [0.717, 1.165) is 6.07 Å². The average Bonchev–Trinajstić information content (AvgIpc) is 2.02. The minimum atomic E-state index is -4.37. The Morgan fingerprint density at radius 2 is 1.92 bits per heavy atom. The van der Waals surface area contributed by atoms with Crippen molar-refractivity contribution in [3.63, 3.8) is 0 Å². The Balaban J connectivity index is 3.40. The fraction of sp³-hybridized carbons (Fsp3) is 0.200. The lowest BCUT2D eigenvalue weighted by molar-refractivity contribution is -0.137. The van der Waals surface area contributed by atoms with Gasteiger partial charge in [0.05, 0.1) is 5.56 Å². The zero-order chi connectivity index (χ0) is 10.1. The van der Waals surface area contributed by atoms with Crippen molar-refractivity contribution in [1.82, 2.24) is 0 Å². The lowest BCUT2D eigenvalue weighted by Crippen LogP contribution is -2.08. The van der Waals surface area contributed by atoms with Gasteiger partial charge in [0, 0.05) is 5.56 Å². The van der Waals surface area contributed by atoms with Crippen LogP contribution in [0.25, 0.3) is 0 Å². The first-order valence-corrected chi connectivity index (χ1v) is 3.60. The molecule has 0 aliphatic carbocycles. The summed E-state index contributed by atoms with van der Waals surface area (Å²) >= 11 is 0. The highest BCUT2D eigenvalue weighted by Gasteiger charge is 2.33. The molecule has 0 atom stereocenters. The van der Waals surface area contributed by atoms with Crippen molar-refractivity contribution in [2.24, 2.45) is 0 Å². The molecule has 1 rings (SSSR count). The Hall–Kier alpha value is -1.43. The highest BCUT2D eigenvalue weighted by Crippen LogP contribution is 2.32. The lowest BCUT2D eigenvalue weighted by atomic mass is 10.0. The summed E-state index contributed by atoms with van der Waals surface area (Å²) in [6.07, 6.45) is 0.631. The van der Waals surface area contributed by atoms with E-state index in [-0.39, 0.29) is 5.56 Å². The number of hydrogen-bond acceptors (Lipinski definition) is 0. The molecule has 0 fully saturated rings. The summed E-state index contributed by atoms with van der Waals surface area (Å²) in [7, 11) is 0. The summed E-state index contributed by atoms with van der Waals surface area (Å²) in [6, 6.07) is 3.89. The fourth-order valence-corrected chi connectivity index (χ4v) is 1.10. The molecule has 1 aromatic carbocycles. The number of rotatable bonds is 0. The van der Waals surface area contributed by atoms with E-state index in [4.69, 9.17) is 6.42 Å². The van der Waals surface area contributed by atoms with Gasteiger partial charge in [-0.3, -0.25) is 0 Å². The maximum atomic E-state index is 12.3. The van der Waals surface area contributed by atoms with Crippen molar-refractivity contribution < 1.29 is 13.2 Å². The molecule has 1 aromatic rings. The molecule has 0 nitrogen and oxygen atoms in total. The Kier molecular flexibility index (Phi) is 2.33. The van der Waals surface area contributed by atoms with Crippen LogP contribution < -0.4 is 0 Å². The molecular weight excluding hydrogens is 177 g/mol. The fourth-order valence-electron chi connectivity index (χ4n) is 1.10. The molecule has 0 saturated carbocycles. The molecule has 0 amide bonds. The second kappa shape index (κ2) is 3.14. The van der Waals surface area contributed by atoms with Crippen LogP contribution in [0.1, 0.15) is 16.7 Å². The van der Waals surface area contributed by atoms with Crippen LogP contribution in [0.15, 0.2) is 18.2 Å². The van der Waals surface area contributed by atoms with Crippen molar-refractivity contribution in [3.8, 4) is 12.3 Å². The van der Waals surface area contributed by atoms with Gasteiger partial charge >= 0.3 is 6.18 Å². The molecule has 0 aromatic heterocycles. The average molecular weight is 184 g/mol. The number of halogens is 3. The van der Waals surface area contributed by atoms with E-state index < -0.39 is 11.7 Å². The summed E-state index contributed by atoms with van der Waals surface area (Å²) < 4.78 is 37.0. The number of alkyl halides is 3. The van der Waals surface area contributed by atoms with Crippen molar-refractivity contribution in [2.75, 3.05) is 0 Å². The number of benzene rings is 1. The Bertz CT molecular complexity index is 355. The molecule has 0 spiro atoms. The number of hydrogen-bond donors (Lipinski definition) is 0. The largest absolute Gasteiger partial charge is 0.417 e. The van der Waals surface area contributed by atoms with Crippen LogP contribution in [0.5, 0.6) is 0 Å². The van der Waals surface area contributed by atoms with E-state index in [2.05, 4.69) is 5.92 Å². The van der Waals surface area contributed by atoms with Crippen LogP contribution in [0.2, 0.25) is 0 Å².